The molecule has 0 aromatic heterocycles. The standard InChI is InChI=1S/C22H46O3S/c1-6-8-9-13-19-26-20-14-17-21(15-7-2)16-11-10-12-18-22(23-3,24-4)25-5/h21H,6-20H2,1-5H3. The molecule has 0 aliphatic rings. The molecule has 0 radical (unpaired) electrons. The van der Waals surface area contributed by atoms with Gasteiger partial charge in [0.2, 0.25) is 0 Å². The van der Waals surface area contributed by atoms with Crippen molar-refractivity contribution < 1.29 is 14.2 Å². The smallest absolute Gasteiger partial charge is 0.282 e. The van der Waals surface area contributed by atoms with Crippen LogP contribution in [0.5, 0.6) is 0 Å². The summed E-state index contributed by atoms with van der Waals surface area (Å²) in [6.45, 7) is 4.60. The second-order valence-electron chi connectivity index (χ2n) is 7.36. The Morgan fingerprint density at radius 2 is 1.27 bits per heavy atom. The molecule has 0 rings (SSSR count). The number of hydrogen-bond donors (Lipinski definition) is 0. The van der Waals surface area contributed by atoms with Gasteiger partial charge in [-0.15, -0.1) is 0 Å². The SMILES string of the molecule is CCCCCCSCCCC(CCC)CCCCCC(OC)(OC)OC. The lowest BCUT2D eigenvalue weighted by Crippen LogP contribution is -2.35. The molecule has 4 heteroatoms. The van der Waals surface area contributed by atoms with E-state index in [0.29, 0.717) is 0 Å². The van der Waals surface area contributed by atoms with Gasteiger partial charge in [0, 0.05) is 27.8 Å². The highest BCUT2D eigenvalue weighted by molar-refractivity contribution is 7.99. The van der Waals surface area contributed by atoms with Gasteiger partial charge in [-0.25, -0.2) is 0 Å². The molecule has 0 heterocycles. The predicted octanol–water partition coefficient (Wildman–Crippen LogP) is 7.04. The zero-order valence-corrected chi connectivity index (χ0v) is 19.1. The molecule has 158 valence electrons. The van der Waals surface area contributed by atoms with E-state index in [1.54, 1.807) is 21.3 Å². The quantitative estimate of drug-likeness (QED) is 0.165. The van der Waals surface area contributed by atoms with Crippen molar-refractivity contribution in [3.63, 3.8) is 0 Å². The fourth-order valence-electron chi connectivity index (χ4n) is 3.56. The minimum absolute atomic E-state index is 0.795. The van der Waals surface area contributed by atoms with Crippen molar-refractivity contribution in [1.82, 2.24) is 0 Å². The molecular weight excluding hydrogens is 344 g/mol. The molecule has 0 fully saturated rings. The van der Waals surface area contributed by atoms with E-state index in [-0.39, 0.29) is 0 Å². The summed E-state index contributed by atoms with van der Waals surface area (Å²) >= 11 is 2.16. The van der Waals surface area contributed by atoms with E-state index in [1.165, 1.54) is 82.1 Å². The molecule has 0 aliphatic heterocycles. The fourth-order valence-corrected chi connectivity index (χ4v) is 4.54. The first-order valence-corrected chi connectivity index (χ1v) is 12.1. The van der Waals surface area contributed by atoms with Crippen LogP contribution in [-0.2, 0) is 14.2 Å². The lowest BCUT2D eigenvalue weighted by atomic mass is 9.92. The molecule has 0 bridgehead atoms. The third kappa shape index (κ3) is 13.4. The summed E-state index contributed by atoms with van der Waals surface area (Å²) in [4.78, 5) is 0. The molecule has 0 amide bonds. The Balaban J connectivity index is 3.75. The normalized spacial score (nSPS) is 13.3. The van der Waals surface area contributed by atoms with Gasteiger partial charge in [0.15, 0.2) is 0 Å². The van der Waals surface area contributed by atoms with E-state index in [1.807, 2.05) is 0 Å². The second kappa shape index (κ2) is 18.6. The zero-order valence-electron chi connectivity index (χ0n) is 18.3. The maximum absolute atomic E-state index is 5.36. The van der Waals surface area contributed by atoms with Crippen LogP contribution in [0.15, 0.2) is 0 Å². The summed E-state index contributed by atoms with van der Waals surface area (Å²) in [7, 11) is 4.93. The molecule has 26 heavy (non-hydrogen) atoms. The first-order chi connectivity index (χ1) is 12.7. The number of unbranched alkanes of at least 4 members (excludes halogenated alkanes) is 5. The van der Waals surface area contributed by atoms with Crippen LogP contribution in [0.1, 0.15) is 97.3 Å². The Kier molecular flexibility index (Phi) is 18.8. The van der Waals surface area contributed by atoms with Crippen molar-refractivity contribution in [1.29, 1.82) is 0 Å². The van der Waals surface area contributed by atoms with Crippen LogP contribution in [0.3, 0.4) is 0 Å². The summed E-state index contributed by atoms with van der Waals surface area (Å²) in [6.07, 6.45) is 16.9. The van der Waals surface area contributed by atoms with E-state index < -0.39 is 5.97 Å². The van der Waals surface area contributed by atoms with Gasteiger partial charge in [0.05, 0.1) is 0 Å². The van der Waals surface area contributed by atoms with Crippen molar-refractivity contribution in [2.45, 2.75) is 103 Å². The van der Waals surface area contributed by atoms with Crippen LogP contribution >= 0.6 is 11.8 Å². The molecule has 0 saturated carbocycles. The van der Waals surface area contributed by atoms with Crippen LogP contribution in [0.4, 0.5) is 0 Å². The van der Waals surface area contributed by atoms with Crippen molar-refractivity contribution >= 4 is 11.8 Å². The van der Waals surface area contributed by atoms with E-state index in [0.717, 1.165) is 18.8 Å². The fraction of sp³-hybridized carbons (Fsp3) is 1.00. The summed E-state index contributed by atoms with van der Waals surface area (Å²) in [6, 6.07) is 0. The Hall–Kier alpha value is 0.230. The highest BCUT2D eigenvalue weighted by atomic mass is 32.2. The van der Waals surface area contributed by atoms with Gasteiger partial charge in [-0.3, -0.25) is 0 Å². The highest BCUT2D eigenvalue weighted by Gasteiger charge is 2.28. The predicted molar refractivity (Wildman–Crippen MR) is 116 cm³/mol. The van der Waals surface area contributed by atoms with Crippen molar-refractivity contribution in [2.24, 2.45) is 5.92 Å². The second-order valence-corrected chi connectivity index (χ2v) is 8.59. The van der Waals surface area contributed by atoms with Gasteiger partial charge in [-0.05, 0) is 43.1 Å². The van der Waals surface area contributed by atoms with Crippen molar-refractivity contribution in [3.8, 4) is 0 Å². The zero-order chi connectivity index (χ0) is 19.5. The van der Waals surface area contributed by atoms with Crippen LogP contribution in [0.25, 0.3) is 0 Å². The third-order valence-corrected chi connectivity index (χ3v) is 6.42. The Morgan fingerprint density at radius 3 is 1.88 bits per heavy atom. The summed E-state index contributed by atoms with van der Waals surface area (Å²) in [5.41, 5.74) is 0. The highest BCUT2D eigenvalue weighted by Crippen LogP contribution is 2.25. The molecule has 3 nitrogen and oxygen atoms in total. The molecule has 0 N–H and O–H groups in total. The van der Waals surface area contributed by atoms with Gasteiger partial charge in [-0.1, -0.05) is 65.2 Å². The maximum Gasteiger partial charge on any atom is 0.282 e. The Bertz CT molecular complexity index is 274. The van der Waals surface area contributed by atoms with Crippen molar-refractivity contribution in [3.05, 3.63) is 0 Å². The van der Waals surface area contributed by atoms with Gasteiger partial charge >= 0.3 is 0 Å². The number of thioether (sulfide) groups is 1. The van der Waals surface area contributed by atoms with Crippen LogP contribution in [0.2, 0.25) is 0 Å². The minimum Gasteiger partial charge on any atom is -0.331 e. The molecule has 0 aromatic carbocycles. The number of rotatable bonds is 20. The Morgan fingerprint density at radius 1 is 0.654 bits per heavy atom. The lowest BCUT2D eigenvalue weighted by Gasteiger charge is -2.28. The topological polar surface area (TPSA) is 27.7 Å². The molecule has 0 aromatic rings. The lowest BCUT2D eigenvalue weighted by molar-refractivity contribution is -0.355. The van der Waals surface area contributed by atoms with Crippen LogP contribution < -0.4 is 0 Å². The molecule has 0 aliphatic carbocycles. The molecule has 0 saturated heterocycles. The maximum atomic E-state index is 5.36. The minimum atomic E-state index is -0.850. The largest absolute Gasteiger partial charge is 0.331 e. The number of ether oxygens (including phenoxy) is 3. The van der Waals surface area contributed by atoms with E-state index in [9.17, 15) is 0 Å². The summed E-state index contributed by atoms with van der Waals surface area (Å²) in [5, 5.41) is 0. The first kappa shape index (κ1) is 26.2. The van der Waals surface area contributed by atoms with E-state index >= 15 is 0 Å². The van der Waals surface area contributed by atoms with Gasteiger partial charge in [-0.2, -0.15) is 11.8 Å². The number of hydrogen-bond acceptors (Lipinski definition) is 4. The van der Waals surface area contributed by atoms with Crippen LogP contribution in [-0.4, -0.2) is 38.8 Å². The van der Waals surface area contributed by atoms with Crippen molar-refractivity contribution in [2.75, 3.05) is 32.8 Å². The monoisotopic (exact) mass is 390 g/mol. The average Bonchev–Trinajstić information content (AvgIpc) is 2.67. The molecular formula is C22H46O3S. The summed E-state index contributed by atoms with van der Waals surface area (Å²) < 4.78 is 16.1. The van der Waals surface area contributed by atoms with Crippen LogP contribution in [0, 0.1) is 5.92 Å². The Labute approximate surface area is 168 Å². The molecule has 1 unspecified atom stereocenters. The third-order valence-electron chi connectivity index (χ3n) is 5.27. The summed E-state index contributed by atoms with van der Waals surface area (Å²) in [5.74, 6) is 2.78. The molecule has 0 spiro atoms. The van der Waals surface area contributed by atoms with Gasteiger partial charge < -0.3 is 14.2 Å². The van der Waals surface area contributed by atoms with Gasteiger partial charge in [0.25, 0.3) is 5.97 Å². The van der Waals surface area contributed by atoms with E-state index in [2.05, 4.69) is 25.6 Å². The van der Waals surface area contributed by atoms with E-state index in [4.69, 9.17) is 14.2 Å². The number of methoxy groups -OCH3 is 3. The first-order valence-electron chi connectivity index (χ1n) is 10.9. The van der Waals surface area contributed by atoms with Gasteiger partial charge in [0.1, 0.15) is 0 Å². The molecule has 1 atom stereocenters. The average molecular weight is 391 g/mol.